The van der Waals surface area contributed by atoms with Crippen LogP contribution in [0.2, 0.25) is 0 Å². The summed E-state index contributed by atoms with van der Waals surface area (Å²) in [6, 6.07) is 0. The van der Waals surface area contributed by atoms with Crippen molar-refractivity contribution in [3.63, 3.8) is 0 Å². The van der Waals surface area contributed by atoms with E-state index in [0.717, 1.165) is 0 Å². The highest BCUT2D eigenvalue weighted by Gasteiger charge is 1.66. The van der Waals surface area contributed by atoms with Crippen LogP contribution in [0.3, 0.4) is 0 Å². The van der Waals surface area contributed by atoms with Gasteiger partial charge in [-0.1, -0.05) is 0 Å². The zero-order chi connectivity index (χ0) is 3.58. The van der Waals surface area contributed by atoms with Gasteiger partial charge in [0, 0.05) is 6.92 Å². The molecule has 0 aliphatic heterocycles. The zero-order valence-electron chi connectivity index (χ0n) is 2.69. The van der Waals surface area contributed by atoms with E-state index in [4.69, 9.17) is 0 Å². The second-order valence-corrected chi connectivity index (χ2v) is 1.59. The summed E-state index contributed by atoms with van der Waals surface area (Å²) in [7, 11) is 0. The monoisotopic (exact) mass is 202 g/mol. The molecule has 0 aromatic rings. The predicted octanol–water partition coefficient (Wildman–Crippen LogP) is 1.51. The molecule has 0 saturated heterocycles. The Labute approximate surface area is 49.6 Å². The number of halogens is 2. The fourth-order valence-electron chi connectivity index (χ4n) is 0. The fourth-order valence-corrected chi connectivity index (χ4v) is 0. The summed E-state index contributed by atoms with van der Waals surface area (Å²) in [4.78, 5) is 9.36. The molecule has 0 N–H and O–H groups in total. The molecule has 0 amide bonds. The summed E-state index contributed by atoms with van der Waals surface area (Å²) in [6.45, 7) is 1.44. The highest BCUT2D eigenvalue weighted by atomic mass is 79.9. The highest BCUT2D eigenvalue weighted by molar-refractivity contribution is 9.18. The van der Waals surface area contributed by atoms with E-state index in [2.05, 4.69) is 15.9 Å². The Morgan fingerprint density at radius 2 is 1.80 bits per heavy atom. The first-order valence-corrected chi connectivity index (χ1v) is 1.69. The number of carbonyl (C=O) groups excluding carboxylic acids is 1. The lowest BCUT2D eigenvalue weighted by Crippen LogP contribution is -1.60. The third kappa shape index (κ3) is 80.7. The van der Waals surface area contributed by atoms with Gasteiger partial charge in [0.25, 0.3) is 0 Å². The van der Waals surface area contributed by atoms with Crippen molar-refractivity contribution in [3.05, 3.63) is 0 Å². The maximum Gasteiger partial charge on any atom is 0.194 e. The summed E-state index contributed by atoms with van der Waals surface area (Å²) in [5, 5.41) is 0. The Balaban J connectivity index is 0. The number of carbonyl (C=O) groups is 1. The van der Waals surface area contributed by atoms with Crippen LogP contribution in [-0.4, -0.2) is 4.69 Å². The van der Waals surface area contributed by atoms with Crippen molar-refractivity contribution >= 4 is 37.6 Å². The molecule has 0 aliphatic carbocycles. The second-order valence-electron chi connectivity index (χ2n) is 0.470. The third-order valence-electron chi connectivity index (χ3n) is 0. The molecule has 0 fully saturated rings. The molecule has 0 unspecified atom stereocenters. The van der Waals surface area contributed by atoms with E-state index in [1.54, 1.807) is 0 Å². The molecule has 0 rings (SSSR count). The Hall–Kier alpha value is 0.630. The van der Waals surface area contributed by atoms with Gasteiger partial charge in [-0.15, -0.1) is 17.0 Å². The average molecular weight is 204 g/mol. The molecular weight excluding hydrogens is 200 g/mol. The molecule has 1 nitrogen and oxygen atoms in total. The van der Waals surface area contributed by atoms with Crippen molar-refractivity contribution in [2.75, 3.05) is 0 Å². The van der Waals surface area contributed by atoms with Crippen LogP contribution < -0.4 is 0 Å². The lowest BCUT2D eigenvalue weighted by molar-refractivity contribution is -0.108. The van der Waals surface area contributed by atoms with Gasteiger partial charge in [-0.2, -0.15) is 0 Å². The Bertz CT molecular complexity index is 30.6. The maximum absolute atomic E-state index is 9.36. The van der Waals surface area contributed by atoms with E-state index < -0.39 is 0 Å². The molecule has 0 aromatic heterocycles. The first-order chi connectivity index (χ1) is 1.73. The van der Waals surface area contributed by atoms with Crippen molar-refractivity contribution in [2.24, 2.45) is 0 Å². The van der Waals surface area contributed by atoms with Crippen molar-refractivity contribution in [2.45, 2.75) is 6.92 Å². The maximum atomic E-state index is 9.36. The van der Waals surface area contributed by atoms with Crippen LogP contribution in [0.25, 0.3) is 0 Å². The van der Waals surface area contributed by atoms with Crippen LogP contribution in [0.15, 0.2) is 0 Å². The Kier molecular flexibility index (Phi) is 8.48. The topological polar surface area (TPSA) is 17.1 Å². The normalized spacial score (nSPS) is 5.20. The first kappa shape index (κ1) is 9.16. The minimum atomic E-state index is -0.0208. The molecule has 5 heavy (non-hydrogen) atoms. The van der Waals surface area contributed by atoms with Crippen LogP contribution in [0.5, 0.6) is 0 Å². The predicted molar refractivity (Wildman–Crippen MR) is 29.9 cm³/mol. The molecule has 0 atom stereocenters. The van der Waals surface area contributed by atoms with Crippen LogP contribution in [-0.2, 0) is 4.79 Å². The van der Waals surface area contributed by atoms with Gasteiger partial charge in [0.2, 0.25) is 0 Å². The van der Waals surface area contributed by atoms with Gasteiger partial charge in [-0.25, -0.2) is 0 Å². The number of hydrogen-bond acceptors (Lipinski definition) is 1. The quantitative estimate of drug-likeness (QED) is 0.546. The van der Waals surface area contributed by atoms with Crippen molar-refractivity contribution in [3.8, 4) is 0 Å². The van der Waals surface area contributed by atoms with E-state index in [-0.39, 0.29) is 21.7 Å². The number of hydrogen-bond donors (Lipinski definition) is 0. The molecule has 0 saturated carbocycles. The molecule has 0 aliphatic rings. The SMILES string of the molecule is Br.CC(=O)Br. The summed E-state index contributed by atoms with van der Waals surface area (Å²) in [6.07, 6.45) is 0. The minimum absolute atomic E-state index is 0. The van der Waals surface area contributed by atoms with Gasteiger partial charge in [0.15, 0.2) is 4.69 Å². The summed E-state index contributed by atoms with van der Waals surface area (Å²) in [5.41, 5.74) is 0. The van der Waals surface area contributed by atoms with Gasteiger partial charge in [0.05, 0.1) is 0 Å². The molecule has 0 spiro atoms. The van der Waals surface area contributed by atoms with Gasteiger partial charge < -0.3 is 0 Å². The first-order valence-electron chi connectivity index (χ1n) is 0.893. The molecular formula is C2H4Br2O. The second kappa shape index (κ2) is 4.63. The van der Waals surface area contributed by atoms with Crippen molar-refractivity contribution < 1.29 is 4.79 Å². The van der Waals surface area contributed by atoms with E-state index in [9.17, 15) is 4.79 Å². The summed E-state index contributed by atoms with van der Waals surface area (Å²) in [5.74, 6) is 0. The van der Waals surface area contributed by atoms with Crippen LogP contribution in [0.4, 0.5) is 0 Å². The van der Waals surface area contributed by atoms with E-state index in [1.165, 1.54) is 6.92 Å². The molecule has 0 radical (unpaired) electrons. The van der Waals surface area contributed by atoms with Crippen molar-refractivity contribution in [1.82, 2.24) is 0 Å². The van der Waals surface area contributed by atoms with Gasteiger partial charge in [-0.05, 0) is 15.9 Å². The zero-order valence-corrected chi connectivity index (χ0v) is 5.99. The lowest BCUT2D eigenvalue weighted by atomic mass is 11.0. The lowest BCUT2D eigenvalue weighted by Gasteiger charge is -1.52. The molecule has 3 heteroatoms. The van der Waals surface area contributed by atoms with E-state index in [0.29, 0.717) is 0 Å². The molecule has 0 aromatic carbocycles. The van der Waals surface area contributed by atoms with E-state index in [1.807, 2.05) is 0 Å². The minimum Gasteiger partial charge on any atom is -0.287 e. The summed E-state index contributed by atoms with van der Waals surface area (Å²) >= 11 is 2.63. The Morgan fingerprint density at radius 3 is 1.80 bits per heavy atom. The van der Waals surface area contributed by atoms with Crippen LogP contribution in [0, 0.1) is 0 Å². The summed E-state index contributed by atoms with van der Waals surface area (Å²) < 4.78 is -0.0208. The highest BCUT2D eigenvalue weighted by Crippen LogP contribution is 1.74. The van der Waals surface area contributed by atoms with Gasteiger partial charge >= 0.3 is 0 Å². The average Bonchev–Trinajstić information content (AvgIpc) is 0.811. The van der Waals surface area contributed by atoms with Crippen molar-refractivity contribution in [1.29, 1.82) is 0 Å². The standard InChI is InChI=1S/C2H3BrO.BrH/c1-2(3)4;/h1H3;1H. The van der Waals surface area contributed by atoms with E-state index >= 15 is 0 Å². The molecule has 0 bridgehead atoms. The third-order valence-corrected chi connectivity index (χ3v) is 0. The molecule has 32 valence electrons. The smallest absolute Gasteiger partial charge is 0.194 e. The fraction of sp³-hybridized carbons (Fsp3) is 0.500. The largest absolute Gasteiger partial charge is 0.287 e. The Morgan fingerprint density at radius 1 is 1.80 bits per heavy atom. The molecule has 0 heterocycles. The van der Waals surface area contributed by atoms with Gasteiger partial charge in [-0.3, -0.25) is 4.79 Å². The van der Waals surface area contributed by atoms with Crippen LogP contribution >= 0.6 is 32.9 Å². The van der Waals surface area contributed by atoms with Crippen LogP contribution in [0.1, 0.15) is 6.92 Å². The van der Waals surface area contributed by atoms with Gasteiger partial charge in [0.1, 0.15) is 0 Å². The number of rotatable bonds is 0.